The average Bonchev–Trinajstić information content (AvgIpc) is 2.54. The van der Waals surface area contributed by atoms with Crippen molar-refractivity contribution in [2.75, 3.05) is 6.61 Å². The van der Waals surface area contributed by atoms with Gasteiger partial charge in [0.1, 0.15) is 11.4 Å². The summed E-state index contributed by atoms with van der Waals surface area (Å²) in [5, 5.41) is 11.3. The second-order valence-electron chi connectivity index (χ2n) is 5.14. The minimum atomic E-state index is -0.601. The summed E-state index contributed by atoms with van der Waals surface area (Å²) in [5.41, 5.74) is 0.483. The Hall–Kier alpha value is -2.83. The maximum Gasteiger partial charge on any atom is 0.341 e. The van der Waals surface area contributed by atoms with E-state index in [1.54, 1.807) is 25.1 Å². The van der Waals surface area contributed by atoms with Crippen molar-refractivity contribution in [2.45, 2.75) is 26.7 Å². The van der Waals surface area contributed by atoms with Crippen molar-refractivity contribution in [3.63, 3.8) is 0 Å². The molecule has 1 aromatic carbocycles. The van der Waals surface area contributed by atoms with Crippen LogP contribution in [0.3, 0.4) is 0 Å². The molecular formula is C16H17N3O4. The minimum Gasteiger partial charge on any atom is -0.462 e. The summed E-state index contributed by atoms with van der Waals surface area (Å²) < 4.78 is 5.00. The molecule has 0 fully saturated rings. The van der Waals surface area contributed by atoms with E-state index in [1.807, 2.05) is 13.8 Å². The Morgan fingerprint density at radius 2 is 2.04 bits per heavy atom. The lowest BCUT2D eigenvalue weighted by atomic mass is 10.0. The van der Waals surface area contributed by atoms with Crippen LogP contribution in [0.2, 0.25) is 0 Å². The van der Waals surface area contributed by atoms with Gasteiger partial charge in [0.15, 0.2) is 0 Å². The van der Waals surface area contributed by atoms with E-state index in [-0.39, 0.29) is 35.0 Å². The topological polar surface area (TPSA) is 95.2 Å². The molecule has 1 aromatic heterocycles. The Bertz CT molecular complexity index is 744. The first-order valence-electron chi connectivity index (χ1n) is 7.23. The number of para-hydroxylation sites is 1. The molecule has 0 N–H and O–H groups in total. The number of benzene rings is 1. The summed E-state index contributed by atoms with van der Waals surface area (Å²) >= 11 is 0. The summed E-state index contributed by atoms with van der Waals surface area (Å²) in [4.78, 5) is 31.4. The monoisotopic (exact) mass is 315 g/mol. The van der Waals surface area contributed by atoms with Crippen molar-refractivity contribution in [3.05, 3.63) is 52.0 Å². The van der Waals surface area contributed by atoms with E-state index < -0.39 is 10.9 Å². The number of nitrogens with zero attached hydrogens (tertiary/aromatic N) is 3. The third-order valence-electron chi connectivity index (χ3n) is 3.18. The molecule has 2 aromatic rings. The van der Waals surface area contributed by atoms with Crippen LogP contribution in [0, 0.1) is 10.1 Å². The number of carbonyl (C=O) groups is 1. The zero-order chi connectivity index (χ0) is 17.0. The maximum atomic E-state index is 12.1. The third-order valence-corrected chi connectivity index (χ3v) is 3.18. The van der Waals surface area contributed by atoms with E-state index in [2.05, 4.69) is 9.97 Å². The molecule has 23 heavy (non-hydrogen) atoms. The predicted octanol–water partition coefficient (Wildman–Crippen LogP) is 3.35. The number of nitro groups is 1. The maximum absolute atomic E-state index is 12.1. The van der Waals surface area contributed by atoms with Crippen molar-refractivity contribution in [1.82, 2.24) is 9.97 Å². The van der Waals surface area contributed by atoms with Crippen LogP contribution in [0.1, 0.15) is 42.9 Å². The highest BCUT2D eigenvalue weighted by Crippen LogP contribution is 2.31. The summed E-state index contributed by atoms with van der Waals surface area (Å²) in [6.45, 7) is 5.69. The highest BCUT2D eigenvalue weighted by Gasteiger charge is 2.23. The molecule has 0 amide bonds. The van der Waals surface area contributed by atoms with E-state index in [9.17, 15) is 14.9 Å². The lowest BCUT2D eigenvalue weighted by Gasteiger charge is -2.11. The molecule has 0 saturated carbocycles. The number of ether oxygens (including phenoxy) is 1. The van der Waals surface area contributed by atoms with Crippen LogP contribution in [-0.4, -0.2) is 27.5 Å². The second-order valence-corrected chi connectivity index (χ2v) is 5.14. The molecule has 120 valence electrons. The van der Waals surface area contributed by atoms with Crippen molar-refractivity contribution in [3.8, 4) is 11.3 Å². The Labute approximate surface area is 133 Å². The highest BCUT2D eigenvalue weighted by molar-refractivity contribution is 5.97. The Kier molecular flexibility index (Phi) is 5.00. The lowest BCUT2D eigenvalue weighted by molar-refractivity contribution is -0.384. The fourth-order valence-corrected chi connectivity index (χ4v) is 2.07. The average molecular weight is 315 g/mol. The largest absolute Gasteiger partial charge is 0.462 e. The molecule has 0 spiro atoms. The Morgan fingerprint density at radius 3 is 2.65 bits per heavy atom. The zero-order valence-corrected chi connectivity index (χ0v) is 13.1. The SMILES string of the molecule is CCOC(=O)c1cnc(C(C)C)nc1-c1ccccc1[N+](=O)[O-]. The van der Waals surface area contributed by atoms with Crippen LogP contribution in [0.4, 0.5) is 5.69 Å². The number of carbonyl (C=O) groups excluding carboxylic acids is 1. The number of esters is 1. The minimum absolute atomic E-state index is 0.0211. The smallest absolute Gasteiger partial charge is 0.341 e. The third kappa shape index (κ3) is 3.50. The molecule has 0 atom stereocenters. The predicted molar refractivity (Wildman–Crippen MR) is 84.2 cm³/mol. The van der Waals surface area contributed by atoms with Crippen molar-refractivity contribution in [2.24, 2.45) is 0 Å². The van der Waals surface area contributed by atoms with Gasteiger partial charge in [0, 0.05) is 18.2 Å². The van der Waals surface area contributed by atoms with Crippen molar-refractivity contribution in [1.29, 1.82) is 0 Å². The molecule has 7 nitrogen and oxygen atoms in total. The van der Waals surface area contributed by atoms with Crippen LogP contribution >= 0.6 is 0 Å². The zero-order valence-electron chi connectivity index (χ0n) is 13.1. The first-order valence-corrected chi connectivity index (χ1v) is 7.23. The van der Waals surface area contributed by atoms with Crippen LogP contribution in [0.15, 0.2) is 30.5 Å². The molecule has 2 rings (SSSR count). The van der Waals surface area contributed by atoms with Crippen LogP contribution in [0.25, 0.3) is 11.3 Å². The molecule has 1 heterocycles. The van der Waals surface area contributed by atoms with Crippen LogP contribution in [-0.2, 0) is 4.74 Å². The summed E-state index contributed by atoms with van der Waals surface area (Å²) in [6, 6.07) is 6.17. The molecule has 0 radical (unpaired) electrons. The normalized spacial score (nSPS) is 10.6. The molecule has 0 bridgehead atoms. The Balaban J connectivity index is 2.70. The first-order chi connectivity index (χ1) is 11.0. The van der Waals surface area contributed by atoms with Gasteiger partial charge in [-0.1, -0.05) is 26.0 Å². The summed E-state index contributed by atoms with van der Waals surface area (Å²) in [6.07, 6.45) is 1.37. The van der Waals surface area contributed by atoms with Crippen molar-refractivity contribution < 1.29 is 14.5 Å². The van der Waals surface area contributed by atoms with Gasteiger partial charge in [-0.15, -0.1) is 0 Å². The number of nitro benzene ring substituents is 1. The molecular weight excluding hydrogens is 298 g/mol. The van der Waals surface area contributed by atoms with Crippen molar-refractivity contribution >= 4 is 11.7 Å². The number of rotatable bonds is 5. The van der Waals surface area contributed by atoms with Crippen LogP contribution < -0.4 is 0 Å². The standard InChI is InChI=1S/C16H17N3O4/c1-4-23-16(20)12-9-17-15(10(2)3)18-14(12)11-7-5-6-8-13(11)19(21)22/h5-10H,4H2,1-3H3. The van der Waals surface area contributed by atoms with Gasteiger partial charge in [-0.05, 0) is 13.0 Å². The van der Waals surface area contributed by atoms with E-state index in [4.69, 9.17) is 4.74 Å². The Morgan fingerprint density at radius 1 is 1.35 bits per heavy atom. The van der Waals surface area contributed by atoms with Gasteiger partial charge in [0.25, 0.3) is 5.69 Å². The summed E-state index contributed by atoms with van der Waals surface area (Å²) in [7, 11) is 0. The van der Waals surface area contributed by atoms with Gasteiger partial charge < -0.3 is 4.74 Å². The van der Waals surface area contributed by atoms with Gasteiger partial charge in [0.2, 0.25) is 0 Å². The van der Waals surface area contributed by atoms with Gasteiger partial charge in [-0.3, -0.25) is 10.1 Å². The highest BCUT2D eigenvalue weighted by atomic mass is 16.6. The second kappa shape index (κ2) is 6.95. The van der Waals surface area contributed by atoms with Gasteiger partial charge in [-0.25, -0.2) is 14.8 Å². The number of hydrogen-bond acceptors (Lipinski definition) is 6. The van der Waals surface area contributed by atoms with E-state index in [0.29, 0.717) is 5.82 Å². The molecule has 0 unspecified atom stereocenters. The molecule has 7 heteroatoms. The van der Waals surface area contributed by atoms with E-state index in [0.717, 1.165) is 0 Å². The molecule has 0 saturated heterocycles. The van der Waals surface area contributed by atoms with E-state index in [1.165, 1.54) is 12.3 Å². The summed E-state index contributed by atoms with van der Waals surface area (Å²) in [5.74, 6) is -0.0741. The quantitative estimate of drug-likeness (QED) is 0.477. The molecule has 0 aliphatic heterocycles. The van der Waals surface area contributed by atoms with E-state index >= 15 is 0 Å². The number of aromatic nitrogens is 2. The fourth-order valence-electron chi connectivity index (χ4n) is 2.07. The number of hydrogen-bond donors (Lipinski definition) is 0. The van der Waals surface area contributed by atoms with Gasteiger partial charge in [0.05, 0.1) is 22.8 Å². The van der Waals surface area contributed by atoms with Gasteiger partial charge >= 0.3 is 5.97 Å². The molecule has 0 aliphatic rings. The van der Waals surface area contributed by atoms with Crippen LogP contribution in [0.5, 0.6) is 0 Å². The van der Waals surface area contributed by atoms with Gasteiger partial charge in [-0.2, -0.15) is 0 Å². The fraction of sp³-hybridized carbons (Fsp3) is 0.312. The lowest BCUT2D eigenvalue weighted by Crippen LogP contribution is -2.11. The first kappa shape index (κ1) is 16.5. The molecule has 0 aliphatic carbocycles.